The van der Waals surface area contributed by atoms with E-state index in [1.165, 1.54) is 30.3 Å². The monoisotopic (exact) mass is 442 g/mol. The number of hydrogen-bond acceptors (Lipinski definition) is 6. The van der Waals surface area contributed by atoms with E-state index in [0.717, 1.165) is 4.90 Å². The Bertz CT molecular complexity index is 1040. The van der Waals surface area contributed by atoms with Crippen molar-refractivity contribution in [3.8, 4) is 11.5 Å². The summed E-state index contributed by atoms with van der Waals surface area (Å²) >= 11 is 0. The van der Waals surface area contributed by atoms with Crippen LogP contribution in [0.15, 0.2) is 48.2 Å². The fraction of sp³-hybridized carbons (Fsp3) is 0.261. The van der Waals surface area contributed by atoms with Gasteiger partial charge in [0.1, 0.15) is 11.5 Å². The van der Waals surface area contributed by atoms with Crippen LogP contribution in [-0.4, -0.2) is 42.6 Å². The Morgan fingerprint density at radius 1 is 1.03 bits per heavy atom. The van der Waals surface area contributed by atoms with Crippen molar-refractivity contribution in [2.45, 2.75) is 20.4 Å². The Kier molecular flexibility index (Phi) is 7.43. The number of halogens is 1. The van der Waals surface area contributed by atoms with Crippen LogP contribution in [0.25, 0.3) is 6.08 Å². The zero-order chi connectivity index (χ0) is 23.1. The highest BCUT2D eigenvalue weighted by molar-refractivity contribution is 6.13. The fourth-order valence-corrected chi connectivity index (χ4v) is 3.00. The first-order valence-electron chi connectivity index (χ1n) is 10.1. The lowest BCUT2D eigenvalue weighted by Crippen LogP contribution is -2.30. The maximum absolute atomic E-state index is 13.1. The number of benzene rings is 2. The summed E-state index contributed by atoms with van der Waals surface area (Å²) in [6, 6.07) is 9.91. The van der Waals surface area contributed by atoms with E-state index < -0.39 is 23.7 Å². The fourth-order valence-electron chi connectivity index (χ4n) is 3.00. The predicted molar refractivity (Wildman–Crippen MR) is 113 cm³/mol. The minimum absolute atomic E-state index is 0.0210. The summed E-state index contributed by atoms with van der Waals surface area (Å²) in [5, 5.41) is 2.55. The summed E-state index contributed by atoms with van der Waals surface area (Å²) in [6.07, 6.45) is 1.52. The summed E-state index contributed by atoms with van der Waals surface area (Å²) in [6.45, 7) is 3.88. The molecule has 1 aliphatic rings. The number of nitrogens with zero attached hydrogens (tertiary/aromatic N) is 1. The molecule has 1 saturated heterocycles. The number of carbonyl (C=O) groups excluding carboxylic acids is 3. The molecule has 3 amide bonds. The molecular formula is C23H23FN2O6. The smallest absolute Gasteiger partial charge is 0.344 e. The normalized spacial score (nSPS) is 14.5. The second-order valence-corrected chi connectivity index (χ2v) is 6.74. The van der Waals surface area contributed by atoms with Gasteiger partial charge >= 0.3 is 12.0 Å². The average molecular weight is 442 g/mol. The van der Waals surface area contributed by atoms with Gasteiger partial charge < -0.3 is 19.5 Å². The molecule has 0 aliphatic carbocycles. The molecule has 1 fully saturated rings. The number of ether oxygens (including phenoxy) is 3. The van der Waals surface area contributed by atoms with Crippen molar-refractivity contribution in [3.05, 3.63) is 65.1 Å². The first-order valence-corrected chi connectivity index (χ1v) is 10.1. The highest BCUT2D eigenvalue weighted by Gasteiger charge is 2.33. The van der Waals surface area contributed by atoms with Gasteiger partial charge in [-0.15, -0.1) is 0 Å². The van der Waals surface area contributed by atoms with Crippen molar-refractivity contribution >= 4 is 24.0 Å². The van der Waals surface area contributed by atoms with E-state index in [1.807, 2.05) is 0 Å². The highest BCUT2D eigenvalue weighted by Crippen LogP contribution is 2.30. The number of amides is 3. The average Bonchev–Trinajstić information content (AvgIpc) is 3.02. The molecule has 1 heterocycles. The van der Waals surface area contributed by atoms with E-state index in [1.54, 1.807) is 32.0 Å². The van der Waals surface area contributed by atoms with Gasteiger partial charge in [0.25, 0.3) is 5.91 Å². The quantitative estimate of drug-likeness (QED) is 0.364. The Labute approximate surface area is 184 Å². The van der Waals surface area contributed by atoms with Crippen molar-refractivity contribution in [2.24, 2.45) is 0 Å². The van der Waals surface area contributed by atoms with Gasteiger partial charge in [-0.1, -0.05) is 18.2 Å². The van der Waals surface area contributed by atoms with Gasteiger partial charge in [0, 0.05) is 0 Å². The van der Waals surface area contributed by atoms with Gasteiger partial charge in [-0.25, -0.2) is 14.0 Å². The van der Waals surface area contributed by atoms with E-state index in [2.05, 4.69) is 5.32 Å². The van der Waals surface area contributed by atoms with Gasteiger partial charge in [0.15, 0.2) is 18.1 Å². The molecule has 0 bridgehead atoms. The van der Waals surface area contributed by atoms with Gasteiger partial charge in [-0.2, -0.15) is 0 Å². The molecular weight excluding hydrogens is 419 g/mol. The molecule has 3 rings (SSSR count). The predicted octanol–water partition coefficient (Wildman–Crippen LogP) is 3.26. The van der Waals surface area contributed by atoms with Crippen molar-refractivity contribution in [2.75, 3.05) is 19.8 Å². The van der Waals surface area contributed by atoms with Crippen molar-refractivity contribution in [3.63, 3.8) is 0 Å². The molecule has 9 heteroatoms. The molecule has 1 N–H and O–H groups in total. The number of urea groups is 1. The molecule has 0 atom stereocenters. The summed E-state index contributed by atoms with van der Waals surface area (Å²) in [7, 11) is 0. The molecule has 168 valence electrons. The van der Waals surface area contributed by atoms with E-state index in [9.17, 15) is 18.8 Å². The summed E-state index contributed by atoms with van der Waals surface area (Å²) in [4.78, 5) is 37.5. The molecule has 8 nitrogen and oxygen atoms in total. The second-order valence-electron chi connectivity index (χ2n) is 6.74. The van der Waals surface area contributed by atoms with Crippen molar-refractivity contribution < 1.29 is 33.0 Å². The molecule has 32 heavy (non-hydrogen) atoms. The lowest BCUT2D eigenvalue weighted by atomic mass is 10.1. The minimum Gasteiger partial charge on any atom is -0.490 e. The number of esters is 1. The third-order valence-corrected chi connectivity index (χ3v) is 4.45. The van der Waals surface area contributed by atoms with Crippen LogP contribution in [0.3, 0.4) is 0 Å². The summed E-state index contributed by atoms with van der Waals surface area (Å²) in [5.41, 5.74) is 1.31. The second kappa shape index (κ2) is 10.4. The minimum atomic E-state index is -0.565. The lowest BCUT2D eigenvalue weighted by molar-refractivity contribution is -0.145. The third kappa shape index (κ3) is 5.63. The van der Waals surface area contributed by atoms with Crippen molar-refractivity contribution in [1.82, 2.24) is 10.2 Å². The highest BCUT2D eigenvalue weighted by atomic mass is 19.1. The zero-order valence-corrected chi connectivity index (χ0v) is 17.7. The van der Waals surface area contributed by atoms with Crippen LogP contribution < -0.4 is 14.8 Å². The van der Waals surface area contributed by atoms with E-state index in [-0.39, 0.29) is 25.5 Å². The molecule has 0 radical (unpaired) electrons. The molecule has 0 unspecified atom stereocenters. The molecule has 0 spiro atoms. The Balaban J connectivity index is 1.75. The van der Waals surface area contributed by atoms with Gasteiger partial charge in [0.2, 0.25) is 0 Å². The largest absolute Gasteiger partial charge is 0.490 e. The van der Waals surface area contributed by atoms with E-state index in [4.69, 9.17) is 14.2 Å². The number of nitrogens with one attached hydrogen (secondary N) is 1. The lowest BCUT2D eigenvalue weighted by Gasteiger charge is -2.12. The summed E-state index contributed by atoms with van der Waals surface area (Å²) in [5.74, 6) is -0.666. The van der Waals surface area contributed by atoms with Crippen LogP contribution >= 0.6 is 0 Å². The number of carbonyl (C=O) groups is 3. The molecule has 2 aromatic carbocycles. The van der Waals surface area contributed by atoms with Crippen LogP contribution in [0.2, 0.25) is 0 Å². The van der Waals surface area contributed by atoms with Gasteiger partial charge in [-0.3, -0.25) is 9.69 Å². The molecule has 0 saturated carbocycles. The molecule has 1 aliphatic heterocycles. The topological polar surface area (TPSA) is 94.2 Å². The Morgan fingerprint density at radius 3 is 2.47 bits per heavy atom. The number of rotatable bonds is 9. The van der Waals surface area contributed by atoms with E-state index in [0.29, 0.717) is 29.2 Å². The molecule has 2 aromatic rings. The first-order chi connectivity index (χ1) is 15.4. The summed E-state index contributed by atoms with van der Waals surface area (Å²) < 4.78 is 29.0. The van der Waals surface area contributed by atoms with Crippen LogP contribution in [-0.2, 0) is 20.9 Å². The van der Waals surface area contributed by atoms with Crippen LogP contribution in [0, 0.1) is 5.82 Å². The maximum Gasteiger partial charge on any atom is 0.344 e. The SMILES string of the molecule is CCOC(=O)COc1ccc(/C=C2/NC(=O)N(Cc3ccc(F)cc3)C2=O)cc1OCC. The van der Waals surface area contributed by atoms with Crippen LogP contribution in [0.1, 0.15) is 25.0 Å². The molecule has 0 aromatic heterocycles. The van der Waals surface area contributed by atoms with Crippen LogP contribution in [0.4, 0.5) is 9.18 Å². The Hall–Kier alpha value is -3.88. The number of imide groups is 1. The Morgan fingerprint density at radius 2 is 1.78 bits per heavy atom. The first kappa shape index (κ1) is 22.8. The standard InChI is InChI=1S/C23H23FN2O6/c1-3-30-20-12-16(7-10-19(20)32-14-21(27)31-4-2)11-18-22(28)26(23(29)25-18)13-15-5-8-17(24)9-6-15/h5-12H,3-4,13-14H2,1-2H3,(H,25,29)/b18-11+. The van der Waals surface area contributed by atoms with E-state index >= 15 is 0 Å². The third-order valence-electron chi connectivity index (χ3n) is 4.45. The number of hydrogen-bond donors (Lipinski definition) is 1. The van der Waals surface area contributed by atoms with Gasteiger partial charge in [-0.05, 0) is 55.3 Å². The maximum atomic E-state index is 13.1. The van der Waals surface area contributed by atoms with Gasteiger partial charge in [0.05, 0.1) is 19.8 Å². The van der Waals surface area contributed by atoms with Crippen molar-refractivity contribution in [1.29, 1.82) is 0 Å². The van der Waals surface area contributed by atoms with Crippen LogP contribution in [0.5, 0.6) is 11.5 Å². The zero-order valence-electron chi connectivity index (χ0n) is 17.7.